The summed E-state index contributed by atoms with van der Waals surface area (Å²) in [7, 11) is 0. The Morgan fingerprint density at radius 2 is 1.91 bits per heavy atom. The van der Waals surface area contributed by atoms with Crippen LogP contribution in [0.25, 0.3) is 11.5 Å². The molecule has 0 saturated heterocycles. The van der Waals surface area contributed by atoms with Gasteiger partial charge >= 0.3 is 0 Å². The van der Waals surface area contributed by atoms with Crippen molar-refractivity contribution in [2.75, 3.05) is 0 Å². The summed E-state index contributed by atoms with van der Waals surface area (Å²) < 4.78 is 10.8. The van der Waals surface area contributed by atoms with Crippen molar-refractivity contribution < 1.29 is 9.26 Å². The van der Waals surface area contributed by atoms with Crippen molar-refractivity contribution in [1.82, 2.24) is 15.1 Å². The van der Waals surface area contributed by atoms with Gasteiger partial charge in [0, 0.05) is 6.20 Å². The average molecular weight is 295 g/mol. The minimum atomic E-state index is 0.237. The van der Waals surface area contributed by atoms with Crippen LogP contribution in [-0.2, 0) is 6.61 Å². The highest BCUT2D eigenvalue weighted by molar-refractivity contribution is 5.47. The molecule has 2 aromatic heterocycles. The maximum absolute atomic E-state index is 5.66. The molecule has 0 N–H and O–H groups in total. The fourth-order valence-corrected chi connectivity index (χ4v) is 2.01. The van der Waals surface area contributed by atoms with Crippen molar-refractivity contribution in [3.8, 4) is 17.3 Å². The van der Waals surface area contributed by atoms with E-state index in [1.54, 1.807) is 6.20 Å². The molecular weight excluding hydrogens is 278 g/mol. The summed E-state index contributed by atoms with van der Waals surface area (Å²) in [4.78, 5) is 8.46. The number of rotatable bonds is 5. The Morgan fingerprint density at radius 3 is 2.59 bits per heavy atom. The predicted molar refractivity (Wildman–Crippen MR) is 82.4 cm³/mol. The van der Waals surface area contributed by atoms with Crippen LogP contribution in [0.5, 0.6) is 5.75 Å². The molecule has 0 unspecified atom stereocenters. The van der Waals surface area contributed by atoms with Crippen LogP contribution in [0.4, 0.5) is 0 Å². The van der Waals surface area contributed by atoms with E-state index in [4.69, 9.17) is 9.26 Å². The monoisotopic (exact) mass is 295 g/mol. The van der Waals surface area contributed by atoms with Gasteiger partial charge < -0.3 is 9.26 Å². The van der Waals surface area contributed by atoms with Crippen LogP contribution < -0.4 is 4.74 Å². The number of aromatic nitrogens is 3. The first kappa shape index (κ1) is 14.3. The van der Waals surface area contributed by atoms with E-state index in [2.05, 4.69) is 41.1 Å². The quantitative estimate of drug-likeness (QED) is 0.715. The van der Waals surface area contributed by atoms with E-state index < -0.39 is 0 Å². The Hall–Kier alpha value is -2.69. The van der Waals surface area contributed by atoms with Crippen LogP contribution in [0.3, 0.4) is 0 Å². The molecule has 0 radical (unpaired) electrons. The molecular formula is C17H17N3O2. The molecule has 0 amide bonds. The first-order chi connectivity index (χ1) is 10.7. The molecule has 0 saturated carbocycles. The van der Waals surface area contributed by atoms with Crippen LogP contribution in [0, 0.1) is 0 Å². The molecule has 22 heavy (non-hydrogen) atoms. The number of benzene rings is 1. The molecule has 5 nitrogen and oxygen atoms in total. The number of hydrogen-bond acceptors (Lipinski definition) is 5. The van der Waals surface area contributed by atoms with Crippen LogP contribution in [-0.4, -0.2) is 15.1 Å². The zero-order valence-corrected chi connectivity index (χ0v) is 12.6. The highest BCUT2D eigenvalue weighted by Crippen LogP contribution is 2.19. The second-order valence-corrected chi connectivity index (χ2v) is 5.24. The van der Waals surface area contributed by atoms with Crippen LogP contribution in [0.15, 0.2) is 53.2 Å². The first-order valence-electron chi connectivity index (χ1n) is 7.19. The predicted octanol–water partition coefficient (Wildman–Crippen LogP) is 3.83. The van der Waals surface area contributed by atoms with Gasteiger partial charge in [0.15, 0.2) is 6.61 Å². The standard InChI is InChI=1S/C17H17N3O2/c1-12(2)13-6-8-14(9-7-13)21-11-16-19-17(20-22-16)15-5-3-4-10-18-15/h3-10,12H,11H2,1-2H3. The number of nitrogens with zero attached hydrogens (tertiary/aromatic N) is 3. The van der Waals surface area contributed by atoms with Crippen LogP contribution in [0.1, 0.15) is 31.2 Å². The summed E-state index contributed by atoms with van der Waals surface area (Å²) in [6.45, 7) is 4.56. The van der Waals surface area contributed by atoms with Gasteiger partial charge in [-0.15, -0.1) is 0 Å². The maximum Gasteiger partial charge on any atom is 0.264 e. The molecule has 3 rings (SSSR count). The van der Waals surface area contributed by atoms with Crippen molar-refractivity contribution in [2.24, 2.45) is 0 Å². The lowest BCUT2D eigenvalue weighted by atomic mass is 10.0. The highest BCUT2D eigenvalue weighted by Gasteiger charge is 2.10. The van der Waals surface area contributed by atoms with Crippen LogP contribution >= 0.6 is 0 Å². The minimum absolute atomic E-state index is 0.237. The van der Waals surface area contributed by atoms with E-state index in [9.17, 15) is 0 Å². The smallest absolute Gasteiger partial charge is 0.264 e. The topological polar surface area (TPSA) is 61.0 Å². The molecule has 0 aliphatic rings. The first-order valence-corrected chi connectivity index (χ1v) is 7.19. The lowest BCUT2D eigenvalue weighted by Gasteiger charge is -2.07. The normalized spacial score (nSPS) is 10.9. The molecule has 112 valence electrons. The van der Waals surface area contributed by atoms with Gasteiger partial charge in [0.2, 0.25) is 5.82 Å². The maximum atomic E-state index is 5.66. The second-order valence-electron chi connectivity index (χ2n) is 5.24. The summed E-state index contributed by atoms with van der Waals surface area (Å²) in [5.41, 5.74) is 1.96. The van der Waals surface area contributed by atoms with E-state index in [1.807, 2.05) is 30.3 Å². The van der Waals surface area contributed by atoms with Gasteiger partial charge in [-0.2, -0.15) is 4.98 Å². The average Bonchev–Trinajstić information content (AvgIpc) is 3.03. The van der Waals surface area contributed by atoms with Crippen molar-refractivity contribution >= 4 is 0 Å². The van der Waals surface area contributed by atoms with E-state index >= 15 is 0 Å². The van der Waals surface area contributed by atoms with Crippen LogP contribution in [0.2, 0.25) is 0 Å². The third kappa shape index (κ3) is 3.31. The molecule has 0 aliphatic heterocycles. The molecule has 2 heterocycles. The fraction of sp³-hybridized carbons (Fsp3) is 0.235. The molecule has 5 heteroatoms. The van der Waals surface area contributed by atoms with E-state index in [1.165, 1.54) is 5.56 Å². The number of hydrogen-bond donors (Lipinski definition) is 0. The Labute approximate surface area is 129 Å². The summed E-state index contributed by atoms with van der Waals surface area (Å²) >= 11 is 0. The molecule has 3 aromatic rings. The largest absolute Gasteiger partial charge is 0.484 e. The van der Waals surface area contributed by atoms with Crippen molar-refractivity contribution in [3.05, 3.63) is 60.1 Å². The lowest BCUT2D eigenvalue weighted by molar-refractivity contribution is 0.243. The fourth-order valence-electron chi connectivity index (χ4n) is 2.01. The minimum Gasteiger partial charge on any atom is -0.484 e. The Morgan fingerprint density at radius 1 is 1.09 bits per heavy atom. The summed E-state index contributed by atoms with van der Waals surface area (Å²) in [6.07, 6.45) is 1.69. The zero-order valence-electron chi connectivity index (χ0n) is 12.6. The molecule has 0 bridgehead atoms. The summed E-state index contributed by atoms with van der Waals surface area (Å²) in [6, 6.07) is 13.6. The molecule has 1 aromatic carbocycles. The summed E-state index contributed by atoms with van der Waals surface area (Å²) in [5, 5.41) is 3.91. The molecule has 0 fully saturated rings. The SMILES string of the molecule is CC(C)c1ccc(OCc2nc(-c3ccccn3)no2)cc1. The van der Waals surface area contributed by atoms with E-state index in [-0.39, 0.29) is 6.61 Å². The highest BCUT2D eigenvalue weighted by atomic mass is 16.5. The van der Waals surface area contributed by atoms with Crippen molar-refractivity contribution in [3.63, 3.8) is 0 Å². The Kier molecular flexibility index (Phi) is 4.14. The third-order valence-electron chi connectivity index (χ3n) is 3.27. The molecule has 0 atom stereocenters. The molecule has 0 spiro atoms. The van der Waals surface area contributed by atoms with Crippen molar-refractivity contribution in [1.29, 1.82) is 0 Å². The van der Waals surface area contributed by atoms with Gasteiger partial charge in [0.25, 0.3) is 5.89 Å². The van der Waals surface area contributed by atoms with Gasteiger partial charge in [0.05, 0.1) is 0 Å². The summed E-state index contributed by atoms with van der Waals surface area (Å²) in [5.74, 6) is 2.18. The Bertz CT molecular complexity index is 721. The zero-order chi connectivity index (χ0) is 15.4. The van der Waals surface area contributed by atoms with E-state index in [0.29, 0.717) is 23.3 Å². The van der Waals surface area contributed by atoms with Gasteiger partial charge in [-0.3, -0.25) is 4.98 Å². The Balaban J connectivity index is 1.63. The second kappa shape index (κ2) is 6.39. The molecule has 0 aliphatic carbocycles. The van der Waals surface area contributed by atoms with Gasteiger partial charge in [-0.1, -0.05) is 37.2 Å². The lowest BCUT2D eigenvalue weighted by Crippen LogP contribution is -1.96. The number of ether oxygens (including phenoxy) is 1. The third-order valence-corrected chi connectivity index (χ3v) is 3.27. The number of pyridine rings is 1. The van der Waals surface area contributed by atoms with Crippen molar-refractivity contribution in [2.45, 2.75) is 26.4 Å². The van der Waals surface area contributed by atoms with Gasteiger partial charge in [0.1, 0.15) is 11.4 Å². The van der Waals surface area contributed by atoms with Gasteiger partial charge in [-0.25, -0.2) is 0 Å². The van der Waals surface area contributed by atoms with Gasteiger partial charge in [-0.05, 0) is 35.7 Å². The van der Waals surface area contributed by atoms with E-state index in [0.717, 1.165) is 5.75 Å².